The van der Waals surface area contributed by atoms with Gasteiger partial charge in [0, 0.05) is 12.8 Å². The SMILES string of the molecule is NCCCC[C@H](NC(=O)[C@H](CC(=O)O)NC(=O)[C@H](CC(N)=O)NC(=O)[C@H](CO)NC(=O)[C@H](CCC(=O)O)NC(=O)[C@H](CCC(=O)O)NC(=O)CN)C(=O)O. The summed E-state index contributed by atoms with van der Waals surface area (Å²) in [7, 11) is 0. The topological polar surface area (TPSA) is 439 Å². The van der Waals surface area contributed by atoms with Crippen molar-refractivity contribution in [3.8, 4) is 0 Å². The number of carboxylic acid groups (broad SMARTS) is 4. The van der Waals surface area contributed by atoms with E-state index in [-0.39, 0.29) is 19.4 Å². The van der Waals surface area contributed by atoms with Gasteiger partial charge in [0.1, 0.15) is 36.3 Å². The molecule has 17 N–H and O–H groups in total. The van der Waals surface area contributed by atoms with Crippen molar-refractivity contribution in [2.45, 2.75) is 94.0 Å². The van der Waals surface area contributed by atoms with E-state index in [0.29, 0.717) is 6.42 Å². The number of nitrogens with one attached hydrogen (secondary N) is 6. The second kappa shape index (κ2) is 25.1. The van der Waals surface area contributed by atoms with Crippen LogP contribution in [0.2, 0.25) is 0 Å². The van der Waals surface area contributed by atoms with Gasteiger partial charge in [-0.05, 0) is 38.6 Å². The number of aliphatic hydroxyl groups is 1. The molecule has 304 valence electrons. The third-order valence-corrected chi connectivity index (χ3v) is 7.19. The molecule has 0 fully saturated rings. The maximum atomic E-state index is 13.2. The molecule has 0 radical (unpaired) electrons. The van der Waals surface area contributed by atoms with Crippen LogP contribution < -0.4 is 49.1 Å². The van der Waals surface area contributed by atoms with E-state index in [1.165, 1.54) is 0 Å². The third kappa shape index (κ3) is 19.6. The first kappa shape index (κ1) is 48.0. The van der Waals surface area contributed by atoms with Gasteiger partial charge in [0.15, 0.2) is 0 Å². The summed E-state index contributed by atoms with van der Waals surface area (Å²) < 4.78 is 0. The summed E-state index contributed by atoms with van der Waals surface area (Å²) in [5, 5.41) is 59.1. The zero-order valence-electron chi connectivity index (χ0n) is 28.9. The van der Waals surface area contributed by atoms with Crippen molar-refractivity contribution in [3.05, 3.63) is 0 Å². The molecule has 0 aromatic rings. The van der Waals surface area contributed by atoms with Gasteiger partial charge in [-0.2, -0.15) is 0 Å². The van der Waals surface area contributed by atoms with E-state index < -0.39 is 153 Å². The number of rotatable bonds is 28. The van der Waals surface area contributed by atoms with Crippen LogP contribution >= 0.6 is 0 Å². The second-order valence-electron chi connectivity index (χ2n) is 11.6. The Morgan fingerprint density at radius 1 is 0.481 bits per heavy atom. The number of hydrogen-bond acceptors (Lipinski definition) is 14. The number of primary amides is 1. The van der Waals surface area contributed by atoms with Gasteiger partial charge in [-0.1, -0.05) is 0 Å². The summed E-state index contributed by atoms with van der Waals surface area (Å²) in [5.74, 6) is -14.4. The lowest BCUT2D eigenvalue weighted by Gasteiger charge is -2.26. The lowest BCUT2D eigenvalue weighted by molar-refractivity contribution is -0.144. The number of unbranched alkanes of at least 4 members (excludes halogenated alkanes) is 1. The minimum atomic E-state index is -1.98. The smallest absolute Gasteiger partial charge is 0.326 e. The molecular formula is C29H47N9O16. The van der Waals surface area contributed by atoms with Crippen molar-refractivity contribution < 1.29 is 78.3 Å². The van der Waals surface area contributed by atoms with Crippen molar-refractivity contribution >= 4 is 65.2 Å². The number of nitrogens with two attached hydrogens (primary N) is 3. The Labute approximate surface area is 306 Å². The van der Waals surface area contributed by atoms with E-state index in [0.717, 1.165) is 0 Å². The Hall–Kier alpha value is -5.95. The molecule has 54 heavy (non-hydrogen) atoms. The van der Waals surface area contributed by atoms with E-state index in [1.807, 2.05) is 16.0 Å². The van der Waals surface area contributed by atoms with E-state index >= 15 is 0 Å². The molecule has 0 aromatic heterocycles. The van der Waals surface area contributed by atoms with Crippen LogP contribution in [-0.2, 0) is 52.7 Å². The minimum Gasteiger partial charge on any atom is -0.481 e. The first-order chi connectivity index (χ1) is 25.2. The van der Waals surface area contributed by atoms with Gasteiger partial charge in [-0.3, -0.25) is 47.9 Å². The third-order valence-electron chi connectivity index (χ3n) is 7.19. The summed E-state index contributed by atoms with van der Waals surface area (Å²) >= 11 is 0. The van der Waals surface area contributed by atoms with Gasteiger partial charge in [0.2, 0.25) is 41.4 Å². The predicted molar refractivity (Wildman–Crippen MR) is 178 cm³/mol. The van der Waals surface area contributed by atoms with Gasteiger partial charge in [-0.15, -0.1) is 0 Å². The molecule has 0 unspecified atom stereocenters. The quantitative estimate of drug-likeness (QED) is 0.0328. The van der Waals surface area contributed by atoms with E-state index in [2.05, 4.69) is 16.0 Å². The second-order valence-corrected chi connectivity index (χ2v) is 11.6. The summed E-state index contributed by atoms with van der Waals surface area (Å²) in [4.78, 5) is 134. The number of carboxylic acids is 4. The van der Waals surface area contributed by atoms with Crippen molar-refractivity contribution in [2.24, 2.45) is 17.2 Å². The van der Waals surface area contributed by atoms with Crippen LogP contribution in [0.5, 0.6) is 0 Å². The zero-order chi connectivity index (χ0) is 41.5. The number of hydrogen-bond donors (Lipinski definition) is 14. The first-order valence-electron chi connectivity index (χ1n) is 16.2. The largest absolute Gasteiger partial charge is 0.481 e. The number of carbonyl (C=O) groups is 11. The van der Waals surface area contributed by atoms with Crippen molar-refractivity contribution in [3.63, 3.8) is 0 Å². The Kier molecular flexibility index (Phi) is 22.3. The van der Waals surface area contributed by atoms with Crippen LogP contribution in [0.15, 0.2) is 0 Å². The number of amides is 7. The predicted octanol–water partition coefficient (Wildman–Crippen LogP) is -6.86. The molecule has 0 saturated heterocycles. The molecule has 0 aliphatic rings. The Balaban J connectivity index is 6.12. The molecule has 6 atom stereocenters. The van der Waals surface area contributed by atoms with Crippen molar-refractivity contribution in [2.75, 3.05) is 19.7 Å². The summed E-state index contributed by atoms with van der Waals surface area (Å²) in [5.41, 5.74) is 15.8. The van der Waals surface area contributed by atoms with Gasteiger partial charge in [-0.25, -0.2) is 4.79 Å². The Bertz CT molecular complexity index is 1390. The minimum absolute atomic E-state index is 0.0996. The highest BCUT2D eigenvalue weighted by atomic mass is 16.4. The average molecular weight is 778 g/mol. The van der Waals surface area contributed by atoms with Gasteiger partial charge in [0.25, 0.3) is 0 Å². The van der Waals surface area contributed by atoms with Crippen molar-refractivity contribution in [1.82, 2.24) is 31.9 Å². The fourth-order valence-electron chi connectivity index (χ4n) is 4.43. The lowest BCUT2D eigenvalue weighted by atomic mass is 10.1. The molecule has 25 nitrogen and oxygen atoms in total. The highest BCUT2D eigenvalue weighted by Gasteiger charge is 2.34. The molecule has 0 aliphatic heterocycles. The molecular weight excluding hydrogens is 730 g/mol. The normalized spacial score (nSPS) is 14.0. The maximum Gasteiger partial charge on any atom is 0.326 e. The summed E-state index contributed by atoms with van der Waals surface area (Å²) in [6, 6.07) is -10.7. The molecule has 0 bridgehead atoms. The molecule has 0 saturated carbocycles. The maximum absolute atomic E-state index is 13.2. The van der Waals surface area contributed by atoms with Gasteiger partial charge >= 0.3 is 23.9 Å². The summed E-state index contributed by atoms with van der Waals surface area (Å²) in [6.45, 7) is -1.59. The monoisotopic (exact) mass is 777 g/mol. The lowest BCUT2D eigenvalue weighted by Crippen LogP contribution is -2.60. The highest BCUT2D eigenvalue weighted by Crippen LogP contribution is 2.06. The Morgan fingerprint density at radius 3 is 1.30 bits per heavy atom. The van der Waals surface area contributed by atoms with E-state index in [1.54, 1.807) is 0 Å². The zero-order valence-corrected chi connectivity index (χ0v) is 28.9. The average Bonchev–Trinajstić information content (AvgIpc) is 3.08. The van der Waals surface area contributed by atoms with Crippen LogP contribution in [-0.4, -0.2) is 147 Å². The molecule has 0 aliphatic carbocycles. The number of aliphatic carboxylic acids is 4. The molecule has 0 heterocycles. The Morgan fingerprint density at radius 2 is 0.889 bits per heavy atom. The van der Waals surface area contributed by atoms with Gasteiger partial charge in [0.05, 0.1) is 26.0 Å². The molecule has 25 heteroatoms. The van der Waals surface area contributed by atoms with Crippen LogP contribution in [0.4, 0.5) is 0 Å². The fourth-order valence-corrected chi connectivity index (χ4v) is 4.43. The molecule has 0 rings (SSSR count). The van der Waals surface area contributed by atoms with E-state index in [9.17, 15) is 68.1 Å². The van der Waals surface area contributed by atoms with Crippen LogP contribution in [0.1, 0.15) is 57.8 Å². The van der Waals surface area contributed by atoms with Crippen LogP contribution in [0.25, 0.3) is 0 Å². The number of carbonyl (C=O) groups excluding carboxylic acids is 7. The van der Waals surface area contributed by atoms with Crippen LogP contribution in [0, 0.1) is 0 Å². The standard InChI is InChI=1S/C29H47N9O16/c30-8-2-1-3-15(29(53)54)35-27(51)17(10-23(46)47)37-26(50)16(9-19(32)40)36-28(52)18(12-39)38-25(49)14(5-7-22(44)45)34-24(48)13(4-6-21(42)43)33-20(41)11-31/h13-18,39H,1-12,30-31H2,(H2,32,40)(H,33,41)(H,34,48)(H,35,51)(H,36,52)(H,37,50)(H,38,49)(H,42,43)(H,44,45)(H,46,47)(H,53,54)/t13-,14-,15-,16-,17-,18-/m0/s1. The van der Waals surface area contributed by atoms with Crippen LogP contribution in [0.3, 0.4) is 0 Å². The first-order valence-corrected chi connectivity index (χ1v) is 16.2. The van der Waals surface area contributed by atoms with E-state index in [4.69, 9.17) is 27.4 Å². The van der Waals surface area contributed by atoms with Gasteiger partial charge < -0.3 is 74.6 Å². The number of aliphatic hydroxyl groups excluding tert-OH is 1. The molecule has 0 spiro atoms. The van der Waals surface area contributed by atoms with Crippen molar-refractivity contribution in [1.29, 1.82) is 0 Å². The molecule has 7 amide bonds. The molecule has 0 aromatic carbocycles. The summed E-state index contributed by atoms with van der Waals surface area (Å²) in [6.07, 6.45) is -3.96. The fraction of sp³-hybridized carbons (Fsp3) is 0.621. The highest BCUT2D eigenvalue weighted by molar-refractivity contribution is 5.99.